The summed E-state index contributed by atoms with van der Waals surface area (Å²) in [7, 11) is 2.10. The lowest BCUT2D eigenvalue weighted by molar-refractivity contribution is -0.134. The van der Waals surface area contributed by atoms with Crippen LogP contribution in [0.25, 0.3) is 0 Å². The molecule has 0 unspecified atom stereocenters. The SMILES string of the molecule is CCCCN(CCN)CC(=O)N1CCN(C)CC1. The second-order valence-electron chi connectivity index (χ2n) is 5.10. The van der Waals surface area contributed by atoms with Crippen LogP contribution in [0.1, 0.15) is 19.8 Å². The molecule has 0 atom stereocenters. The van der Waals surface area contributed by atoms with Gasteiger partial charge in [0.1, 0.15) is 0 Å². The molecule has 0 aromatic rings. The van der Waals surface area contributed by atoms with Crippen LogP contribution in [0.15, 0.2) is 0 Å². The van der Waals surface area contributed by atoms with Crippen molar-refractivity contribution in [2.75, 3.05) is 59.4 Å². The van der Waals surface area contributed by atoms with Crippen LogP contribution < -0.4 is 5.73 Å². The van der Waals surface area contributed by atoms with Crippen LogP contribution in [-0.4, -0.2) is 80.0 Å². The Balaban J connectivity index is 2.35. The van der Waals surface area contributed by atoms with Gasteiger partial charge in [0.15, 0.2) is 0 Å². The molecule has 1 aliphatic heterocycles. The molecule has 0 radical (unpaired) electrons. The Hall–Kier alpha value is -0.650. The Morgan fingerprint density at radius 3 is 2.44 bits per heavy atom. The third-order valence-corrected chi connectivity index (χ3v) is 3.49. The van der Waals surface area contributed by atoms with Crippen molar-refractivity contribution in [1.82, 2.24) is 14.7 Å². The number of carbonyl (C=O) groups excluding carboxylic acids is 1. The van der Waals surface area contributed by atoms with Gasteiger partial charge in [-0.25, -0.2) is 0 Å². The van der Waals surface area contributed by atoms with E-state index in [0.717, 1.165) is 52.1 Å². The van der Waals surface area contributed by atoms with E-state index >= 15 is 0 Å². The van der Waals surface area contributed by atoms with Crippen LogP contribution in [0.3, 0.4) is 0 Å². The quantitative estimate of drug-likeness (QED) is 0.687. The van der Waals surface area contributed by atoms with Gasteiger partial charge in [-0.05, 0) is 20.0 Å². The molecule has 0 aromatic heterocycles. The monoisotopic (exact) mass is 256 g/mol. The Morgan fingerprint density at radius 1 is 1.22 bits per heavy atom. The first-order chi connectivity index (χ1) is 8.67. The summed E-state index contributed by atoms with van der Waals surface area (Å²) in [5.74, 6) is 0.257. The largest absolute Gasteiger partial charge is 0.339 e. The minimum Gasteiger partial charge on any atom is -0.339 e. The van der Waals surface area contributed by atoms with Crippen molar-refractivity contribution in [3.63, 3.8) is 0 Å². The van der Waals surface area contributed by atoms with Gasteiger partial charge in [-0.2, -0.15) is 0 Å². The van der Waals surface area contributed by atoms with E-state index in [2.05, 4.69) is 23.8 Å². The van der Waals surface area contributed by atoms with Crippen molar-refractivity contribution in [3.05, 3.63) is 0 Å². The predicted molar refractivity (Wildman–Crippen MR) is 74.5 cm³/mol. The van der Waals surface area contributed by atoms with Gasteiger partial charge in [0.2, 0.25) is 5.91 Å². The third kappa shape index (κ3) is 5.33. The van der Waals surface area contributed by atoms with Crippen LogP contribution in [0.2, 0.25) is 0 Å². The van der Waals surface area contributed by atoms with Crippen molar-refractivity contribution in [2.45, 2.75) is 19.8 Å². The molecule has 0 aliphatic carbocycles. The lowest BCUT2D eigenvalue weighted by Crippen LogP contribution is -2.50. The molecular formula is C13H28N4O. The number of amides is 1. The van der Waals surface area contributed by atoms with Crippen LogP contribution in [0, 0.1) is 0 Å². The first-order valence-corrected chi connectivity index (χ1v) is 7.06. The van der Waals surface area contributed by atoms with Gasteiger partial charge in [-0.3, -0.25) is 9.69 Å². The molecule has 1 amide bonds. The Morgan fingerprint density at radius 2 is 1.89 bits per heavy atom. The maximum absolute atomic E-state index is 12.2. The molecule has 1 saturated heterocycles. The van der Waals surface area contributed by atoms with Gasteiger partial charge in [0.25, 0.3) is 0 Å². The van der Waals surface area contributed by atoms with Gasteiger partial charge >= 0.3 is 0 Å². The number of unbranched alkanes of at least 4 members (excludes halogenated alkanes) is 1. The number of piperazine rings is 1. The molecule has 1 rings (SSSR count). The number of nitrogens with two attached hydrogens (primary N) is 1. The van der Waals surface area contributed by atoms with E-state index < -0.39 is 0 Å². The maximum atomic E-state index is 12.2. The zero-order valence-corrected chi connectivity index (χ0v) is 11.9. The molecule has 5 nitrogen and oxygen atoms in total. The molecule has 1 heterocycles. The summed E-state index contributed by atoms with van der Waals surface area (Å²) < 4.78 is 0. The summed E-state index contributed by atoms with van der Waals surface area (Å²) in [5.41, 5.74) is 5.60. The molecule has 0 saturated carbocycles. The fraction of sp³-hybridized carbons (Fsp3) is 0.923. The maximum Gasteiger partial charge on any atom is 0.236 e. The minimum atomic E-state index is 0.257. The number of rotatable bonds is 7. The normalized spacial score (nSPS) is 17.4. The number of carbonyl (C=O) groups is 1. The summed E-state index contributed by atoms with van der Waals surface area (Å²) in [6.45, 7) is 8.81. The highest BCUT2D eigenvalue weighted by Gasteiger charge is 2.20. The van der Waals surface area contributed by atoms with Crippen molar-refractivity contribution in [1.29, 1.82) is 0 Å². The van der Waals surface area contributed by atoms with Gasteiger partial charge in [-0.15, -0.1) is 0 Å². The van der Waals surface area contributed by atoms with Crippen LogP contribution >= 0.6 is 0 Å². The van der Waals surface area contributed by atoms with Gasteiger partial charge in [-0.1, -0.05) is 13.3 Å². The van der Waals surface area contributed by atoms with Crippen molar-refractivity contribution < 1.29 is 4.79 Å². The molecule has 0 aromatic carbocycles. The summed E-state index contributed by atoms with van der Waals surface area (Å²) in [4.78, 5) is 18.6. The van der Waals surface area contributed by atoms with E-state index in [1.807, 2.05) is 4.90 Å². The van der Waals surface area contributed by atoms with E-state index in [0.29, 0.717) is 13.1 Å². The fourth-order valence-corrected chi connectivity index (χ4v) is 2.18. The minimum absolute atomic E-state index is 0.257. The Labute approximate surface area is 111 Å². The highest BCUT2D eigenvalue weighted by atomic mass is 16.2. The van der Waals surface area contributed by atoms with Crippen LogP contribution in [0.4, 0.5) is 0 Å². The van der Waals surface area contributed by atoms with Crippen molar-refractivity contribution in [2.24, 2.45) is 5.73 Å². The molecule has 1 aliphatic rings. The number of nitrogens with zero attached hydrogens (tertiary/aromatic N) is 3. The second-order valence-corrected chi connectivity index (χ2v) is 5.10. The molecule has 106 valence electrons. The second kappa shape index (κ2) is 8.45. The van der Waals surface area contributed by atoms with Crippen molar-refractivity contribution >= 4 is 5.91 Å². The van der Waals surface area contributed by atoms with Crippen molar-refractivity contribution in [3.8, 4) is 0 Å². The van der Waals surface area contributed by atoms with Gasteiger partial charge < -0.3 is 15.5 Å². The molecule has 0 bridgehead atoms. The molecule has 0 spiro atoms. The lowest BCUT2D eigenvalue weighted by atomic mass is 10.3. The smallest absolute Gasteiger partial charge is 0.236 e. The topological polar surface area (TPSA) is 52.8 Å². The highest BCUT2D eigenvalue weighted by molar-refractivity contribution is 5.78. The van der Waals surface area contributed by atoms with E-state index in [4.69, 9.17) is 5.73 Å². The third-order valence-electron chi connectivity index (χ3n) is 3.49. The molecular weight excluding hydrogens is 228 g/mol. The van der Waals surface area contributed by atoms with E-state index in [-0.39, 0.29) is 5.91 Å². The molecule has 2 N–H and O–H groups in total. The van der Waals surface area contributed by atoms with Crippen LogP contribution in [-0.2, 0) is 4.79 Å². The number of hydrogen-bond acceptors (Lipinski definition) is 4. The highest BCUT2D eigenvalue weighted by Crippen LogP contribution is 2.02. The molecule has 18 heavy (non-hydrogen) atoms. The molecule has 1 fully saturated rings. The zero-order chi connectivity index (χ0) is 13.4. The number of hydrogen-bond donors (Lipinski definition) is 1. The summed E-state index contributed by atoms with van der Waals surface area (Å²) >= 11 is 0. The van der Waals surface area contributed by atoms with Gasteiger partial charge in [0, 0.05) is 39.3 Å². The fourth-order valence-electron chi connectivity index (χ4n) is 2.18. The summed E-state index contributed by atoms with van der Waals surface area (Å²) in [5, 5.41) is 0. The summed E-state index contributed by atoms with van der Waals surface area (Å²) in [6.07, 6.45) is 2.29. The first kappa shape index (κ1) is 15.4. The average Bonchev–Trinajstić information content (AvgIpc) is 2.37. The lowest BCUT2D eigenvalue weighted by Gasteiger charge is -2.34. The average molecular weight is 256 g/mol. The first-order valence-electron chi connectivity index (χ1n) is 7.06. The predicted octanol–water partition coefficient (Wildman–Crippen LogP) is -0.179. The zero-order valence-electron chi connectivity index (χ0n) is 11.9. The standard InChI is InChI=1S/C13H28N4O/c1-3-4-6-16(7-5-14)12-13(18)17-10-8-15(2)9-11-17/h3-12,14H2,1-2H3. The Kier molecular flexibility index (Phi) is 7.23. The van der Waals surface area contributed by atoms with Gasteiger partial charge in [0.05, 0.1) is 6.54 Å². The van der Waals surface area contributed by atoms with E-state index in [9.17, 15) is 4.79 Å². The van der Waals surface area contributed by atoms with E-state index in [1.165, 1.54) is 0 Å². The number of likely N-dealkylation sites (N-methyl/N-ethyl adjacent to an activating group) is 1. The van der Waals surface area contributed by atoms with E-state index in [1.54, 1.807) is 0 Å². The Bertz CT molecular complexity index is 239. The summed E-state index contributed by atoms with van der Waals surface area (Å²) in [6, 6.07) is 0. The molecule has 5 heteroatoms. The van der Waals surface area contributed by atoms with Crippen LogP contribution in [0.5, 0.6) is 0 Å².